The van der Waals surface area contributed by atoms with Gasteiger partial charge in [-0.1, -0.05) is 19.4 Å². The molecule has 0 unspecified atom stereocenters. The third kappa shape index (κ3) is 5.94. The summed E-state index contributed by atoms with van der Waals surface area (Å²) in [6.07, 6.45) is 1.30. The average Bonchev–Trinajstić information content (AvgIpc) is 3.00. The van der Waals surface area contributed by atoms with E-state index < -0.39 is 18.8 Å². The summed E-state index contributed by atoms with van der Waals surface area (Å²) in [7, 11) is 0. The zero-order valence-corrected chi connectivity index (χ0v) is 14.4. The molecule has 0 atom stereocenters. The predicted molar refractivity (Wildman–Crippen MR) is 90.0 cm³/mol. The van der Waals surface area contributed by atoms with Crippen LogP contribution in [0, 0.1) is 0 Å². The molecule has 3 N–H and O–H groups in total. The summed E-state index contributed by atoms with van der Waals surface area (Å²) in [6.45, 7) is 0.406. The number of carbonyl (C=O) groups is 1. The van der Waals surface area contributed by atoms with E-state index in [1.165, 1.54) is 35.0 Å². The molecule has 0 saturated heterocycles. The fourth-order valence-electron chi connectivity index (χ4n) is 2.04. The molecule has 0 amide bonds. The van der Waals surface area contributed by atoms with Crippen molar-refractivity contribution in [3.8, 4) is 5.75 Å². The van der Waals surface area contributed by atoms with Crippen LogP contribution in [0.15, 0.2) is 48.2 Å². The predicted octanol–water partition coefficient (Wildman–Crippen LogP) is 3.47. The number of allylic oxidation sites excluding steroid dienone is 2. The van der Waals surface area contributed by atoms with E-state index in [-0.39, 0.29) is 23.1 Å². The van der Waals surface area contributed by atoms with Crippen molar-refractivity contribution in [1.82, 2.24) is 9.61 Å². The summed E-state index contributed by atoms with van der Waals surface area (Å²) in [5.41, 5.74) is 6.01. The van der Waals surface area contributed by atoms with Crippen molar-refractivity contribution >= 4 is 11.5 Å². The van der Waals surface area contributed by atoms with Gasteiger partial charge in [0.1, 0.15) is 5.75 Å². The maximum atomic E-state index is 12.4. The Bertz CT molecular complexity index is 872. The van der Waals surface area contributed by atoms with E-state index in [2.05, 4.69) is 5.10 Å². The molecule has 2 rings (SSSR count). The Morgan fingerprint density at radius 1 is 1.41 bits per heavy atom. The first kappa shape index (κ1) is 20.1. The summed E-state index contributed by atoms with van der Waals surface area (Å²) in [6, 6.07) is 4.20. The summed E-state index contributed by atoms with van der Waals surface area (Å²) in [5, 5.41) is 12.8. The number of ether oxygens (including phenoxy) is 2. The van der Waals surface area contributed by atoms with E-state index in [0.29, 0.717) is 11.9 Å². The summed E-state index contributed by atoms with van der Waals surface area (Å²) < 4.78 is 48.7. The molecule has 0 saturated carbocycles. The number of nitrogens with zero attached hydrogens (tertiary/aromatic N) is 2. The van der Waals surface area contributed by atoms with Crippen LogP contribution in [0.4, 0.5) is 13.2 Å². The third-order valence-corrected chi connectivity index (χ3v) is 3.24. The second-order valence-electron chi connectivity index (χ2n) is 5.49. The van der Waals surface area contributed by atoms with Gasteiger partial charge in [0.25, 0.3) is 0 Å². The van der Waals surface area contributed by atoms with Crippen molar-refractivity contribution in [3.63, 3.8) is 0 Å². The summed E-state index contributed by atoms with van der Waals surface area (Å²) in [5.74, 6) is -1.60. The van der Waals surface area contributed by atoms with Crippen molar-refractivity contribution in [2.75, 3.05) is 6.61 Å². The third-order valence-electron chi connectivity index (χ3n) is 3.24. The number of pyridine rings is 1. The first-order chi connectivity index (χ1) is 12.7. The van der Waals surface area contributed by atoms with E-state index >= 15 is 0 Å². The molecule has 0 aromatic carbocycles. The van der Waals surface area contributed by atoms with Crippen LogP contribution in [0.25, 0.3) is 5.52 Å². The molecule has 0 aliphatic carbocycles. The lowest BCUT2D eigenvalue weighted by molar-refractivity contribution is -0.164. The molecule has 146 valence electrons. The highest BCUT2D eigenvalue weighted by Crippen LogP contribution is 2.21. The lowest BCUT2D eigenvalue weighted by Gasteiger charge is -2.13. The van der Waals surface area contributed by atoms with Gasteiger partial charge in [-0.15, -0.1) is 0 Å². The molecule has 27 heavy (non-hydrogen) atoms. The number of fused-ring (bicyclic) bond motifs is 1. The van der Waals surface area contributed by atoms with Crippen LogP contribution in [0.5, 0.6) is 5.75 Å². The van der Waals surface area contributed by atoms with Crippen LogP contribution in [-0.2, 0) is 4.74 Å². The van der Waals surface area contributed by atoms with E-state index in [1.807, 2.05) is 6.92 Å². The lowest BCUT2D eigenvalue weighted by Crippen LogP contribution is -2.19. The number of alkyl halides is 3. The van der Waals surface area contributed by atoms with Crippen LogP contribution in [-0.4, -0.2) is 33.5 Å². The molecule has 0 radical (unpaired) electrons. The fourth-order valence-corrected chi connectivity index (χ4v) is 2.04. The van der Waals surface area contributed by atoms with Gasteiger partial charge in [0, 0.05) is 12.3 Å². The van der Waals surface area contributed by atoms with Gasteiger partial charge in [-0.05, 0) is 24.6 Å². The highest BCUT2D eigenvalue weighted by molar-refractivity contribution is 5.87. The quantitative estimate of drug-likeness (QED) is 0.533. The van der Waals surface area contributed by atoms with Gasteiger partial charge in [-0.3, -0.25) is 0 Å². The first-order valence-corrected chi connectivity index (χ1v) is 7.96. The van der Waals surface area contributed by atoms with Crippen molar-refractivity contribution in [1.29, 1.82) is 0 Å². The Hall–Kier alpha value is -3.17. The number of nitrogens with two attached hydrogens (primary N) is 1. The Kier molecular flexibility index (Phi) is 6.32. The number of hydrogen-bond donors (Lipinski definition) is 2. The highest BCUT2D eigenvalue weighted by Gasteiger charge is 2.29. The number of unbranched alkanes of at least 4 members (excludes halogenated alkanes) is 1. The van der Waals surface area contributed by atoms with Crippen molar-refractivity contribution in [2.24, 2.45) is 5.73 Å². The molecule has 2 heterocycles. The lowest BCUT2D eigenvalue weighted by atomic mass is 10.3. The van der Waals surface area contributed by atoms with Crippen LogP contribution in [0.3, 0.4) is 0 Å². The van der Waals surface area contributed by atoms with Crippen molar-refractivity contribution in [3.05, 3.63) is 53.9 Å². The number of aromatic carboxylic acids is 1. The Morgan fingerprint density at radius 2 is 2.15 bits per heavy atom. The minimum Gasteiger partial charge on any atom is -0.479 e. The number of hydrogen-bond acceptors (Lipinski definition) is 5. The molecule has 0 aliphatic heterocycles. The number of carboxylic acid groups (broad SMARTS) is 1. The molecule has 10 heteroatoms. The average molecular weight is 385 g/mol. The number of aromatic nitrogens is 2. The number of halogens is 3. The van der Waals surface area contributed by atoms with Gasteiger partial charge in [0.05, 0.1) is 5.52 Å². The first-order valence-electron chi connectivity index (χ1n) is 7.96. The zero-order chi connectivity index (χ0) is 20.0. The van der Waals surface area contributed by atoms with Crippen LogP contribution >= 0.6 is 0 Å². The molecule has 0 spiro atoms. The Balaban J connectivity index is 2.25. The SMILES string of the molecule is CCC/C=C\C(OCC(F)(F)F)=C(/N)Oc1ccn2nc(C(=O)O)cc2c1. The van der Waals surface area contributed by atoms with Crippen LogP contribution in [0.2, 0.25) is 0 Å². The van der Waals surface area contributed by atoms with Crippen LogP contribution < -0.4 is 10.5 Å². The van der Waals surface area contributed by atoms with E-state index in [0.717, 1.165) is 6.42 Å². The van der Waals surface area contributed by atoms with Crippen molar-refractivity contribution in [2.45, 2.75) is 25.9 Å². The zero-order valence-electron chi connectivity index (χ0n) is 14.4. The fraction of sp³-hybridized carbons (Fsp3) is 0.294. The standard InChI is InChI=1S/C17H18F3N3O4/c1-2-3-4-5-14(26-10-17(18,19)20)15(21)27-12-6-7-23-11(8-12)9-13(22-23)16(24)25/h4-9H,2-3,10,21H2,1H3,(H,24,25)/b5-4-,15-14-. The van der Waals surface area contributed by atoms with Crippen molar-refractivity contribution < 1.29 is 32.5 Å². The maximum absolute atomic E-state index is 12.4. The minimum absolute atomic E-state index is 0.160. The van der Waals surface area contributed by atoms with E-state index in [4.69, 9.17) is 20.3 Å². The monoisotopic (exact) mass is 385 g/mol. The highest BCUT2D eigenvalue weighted by atomic mass is 19.4. The molecule has 0 fully saturated rings. The minimum atomic E-state index is -4.52. The van der Waals surface area contributed by atoms with Crippen LogP contribution in [0.1, 0.15) is 30.3 Å². The largest absolute Gasteiger partial charge is 0.479 e. The van der Waals surface area contributed by atoms with E-state index in [1.54, 1.807) is 6.08 Å². The van der Waals surface area contributed by atoms with Gasteiger partial charge in [-0.25, -0.2) is 9.31 Å². The van der Waals surface area contributed by atoms with Gasteiger partial charge in [0.2, 0.25) is 5.88 Å². The normalized spacial score (nSPS) is 13.0. The second-order valence-corrected chi connectivity index (χ2v) is 5.49. The van der Waals surface area contributed by atoms with Gasteiger partial charge < -0.3 is 20.3 Å². The number of carboxylic acids is 1. The molecule has 2 aromatic rings. The molecule has 0 bridgehead atoms. The number of rotatable bonds is 8. The maximum Gasteiger partial charge on any atom is 0.422 e. The Morgan fingerprint density at radius 3 is 2.78 bits per heavy atom. The smallest absolute Gasteiger partial charge is 0.422 e. The topological polar surface area (TPSA) is 99.1 Å². The molecule has 7 nitrogen and oxygen atoms in total. The van der Waals surface area contributed by atoms with E-state index in [9.17, 15) is 18.0 Å². The van der Waals surface area contributed by atoms with Gasteiger partial charge in [-0.2, -0.15) is 18.3 Å². The molecule has 0 aliphatic rings. The van der Waals surface area contributed by atoms with Gasteiger partial charge in [0.15, 0.2) is 18.1 Å². The molecule has 2 aromatic heterocycles. The molecular weight excluding hydrogens is 367 g/mol. The second kappa shape index (κ2) is 8.47. The van der Waals surface area contributed by atoms with Gasteiger partial charge >= 0.3 is 12.1 Å². The summed E-state index contributed by atoms with van der Waals surface area (Å²) in [4.78, 5) is 11.0. The summed E-state index contributed by atoms with van der Waals surface area (Å²) >= 11 is 0. The Labute approximate surface area is 152 Å². The molecular formula is C17H18F3N3O4.